The first-order chi connectivity index (χ1) is 16.1. The van der Waals surface area contributed by atoms with Crippen LogP contribution in [0.2, 0.25) is 0 Å². The van der Waals surface area contributed by atoms with Crippen molar-refractivity contribution in [3.8, 4) is 11.5 Å². The van der Waals surface area contributed by atoms with E-state index in [0.717, 1.165) is 31.4 Å². The average Bonchev–Trinajstić information content (AvgIpc) is 2.91. The van der Waals surface area contributed by atoms with Crippen LogP contribution >= 0.6 is 0 Å². The summed E-state index contributed by atoms with van der Waals surface area (Å²) in [6, 6.07) is 5.06. The van der Waals surface area contributed by atoms with Crippen LogP contribution in [-0.2, 0) is 9.53 Å². The van der Waals surface area contributed by atoms with Crippen molar-refractivity contribution in [2.24, 2.45) is 17.8 Å². The summed E-state index contributed by atoms with van der Waals surface area (Å²) in [7, 11) is 0. The van der Waals surface area contributed by atoms with Crippen molar-refractivity contribution >= 4 is 5.97 Å². The van der Waals surface area contributed by atoms with Gasteiger partial charge in [-0.1, -0.05) is 18.2 Å². The minimum absolute atomic E-state index is 0.0844. The topological polar surface area (TPSA) is 105 Å². The number of ether oxygens (including phenoxy) is 3. The molecule has 1 heterocycles. The fraction of sp³-hybridized carbons (Fsp3) is 0.625. The van der Waals surface area contributed by atoms with Crippen molar-refractivity contribution in [1.82, 2.24) is 0 Å². The predicted molar refractivity (Wildman–Crippen MR) is 115 cm³/mol. The van der Waals surface area contributed by atoms with Gasteiger partial charge < -0.3 is 29.5 Å². The minimum Gasteiger partial charge on any atom is -0.490 e. The van der Waals surface area contributed by atoms with Gasteiger partial charge in [0.25, 0.3) is 0 Å². The van der Waals surface area contributed by atoms with Gasteiger partial charge >= 0.3 is 12.3 Å². The molecule has 1 aromatic carbocycles. The van der Waals surface area contributed by atoms with E-state index in [4.69, 9.17) is 14.6 Å². The highest BCUT2D eigenvalue weighted by molar-refractivity contribution is 5.66. The van der Waals surface area contributed by atoms with Crippen LogP contribution in [0, 0.1) is 17.8 Å². The highest BCUT2D eigenvalue weighted by Gasteiger charge is 2.43. The Balaban J connectivity index is 1.49. The first kappa shape index (κ1) is 26.3. The average molecular weight is 488 g/mol. The lowest BCUT2D eigenvalue weighted by molar-refractivity contribution is -0.274. The maximum Gasteiger partial charge on any atom is 0.573 e. The molecule has 3 N–H and O–H groups in total. The number of rotatable bonds is 10. The lowest BCUT2D eigenvalue weighted by Crippen LogP contribution is -2.22. The smallest absolute Gasteiger partial charge is 0.490 e. The second-order valence-electron chi connectivity index (χ2n) is 8.93. The molecule has 10 heteroatoms. The highest BCUT2D eigenvalue weighted by Crippen LogP contribution is 2.42. The van der Waals surface area contributed by atoms with E-state index in [1.165, 1.54) is 18.2 Å². The highest BCUT2D eigenvalue weighted by atomic mass is 19.4. The number of aliphatic hydroxyl groups is 2. The van der Waals surface area contributed by atoms with E-state index in [1.807, 2.05) is 0 Å². The van der Waals surface area contributed by atoms with E-state index in [-0.39, 0.29) is 36.7 Å². The number of alkyl halides is 3. The maximum atomic E-state index is 12.4. The fourth-order valence-electron chi connectivity index (χ4n) is 4.74. The van der Waals surface area contributed by atoms with Crippen molar-refractivity contribution in [3.63, 3.8) is 0 Å². The Labute approximate surface area is 196 Å². The summed E-state index contributed by atoms with van der Waals surface area (Å²) < 4.78 is 52.3. The quantitative estimate of drug-likeness (QED) is 0.429. The van der Waals surface area contributed by atoms with E-state index >= 15 is 0 Å². The number of carboxylic acids is 1. The molecule has 2 fully saturated rings. The SMILES string of the molecule is O=C(O)CCC[C@H]1CC[C@@H]2[C@@H](/C=C/[C@@H](O)COc3cccc(OC(F)(F)F)c3)[C@H](O)C[C@@H]2OC1. The summed E-state index contributed by atoms with van der Waals surface area (Å²) in [5.74, 6) is -0.889. The Morgan fingerprint density at radius 1 is 1.26 bits per heavy atom. The Morgan fingerprint density at radius 3 is 2.76 bits per heavy atom. The second-order valence-corrected chi connectivity index (χ2v) is 8.93. The van der Waals surface area contributed by atoms with E-state index in [2.05, 4.69) is 4.74 Å². The van der Waals surface area contributed by atoms with Crippen molar-refractivity contribution in [2.75, 3.05) is 13.2 Å². The van der Waals surface area contributed by atoms with E-state index in [1.54, 1.807) is 6.08 Å². The van der Waals surface area contributed by atoms with Crippen molar-refractivity contribution in [2.45, 2.75) is 63.2 Å². The molecule has 2 aliphatic rings. The lowest BCUT2D eigenvalue weighted by atomic mass is 9.86. The zero-order valence-corrected chi connectivity index (χ0v) is 18.7. The standard InChI is InChI=1S/C24H31F3O7/c25-24(26,27)34-18-5-2-4-17(11-18)32-14-16(28)8-10-19-20-9-7-15(3-1-6-23(30)31)13-33-22(20)12-21(19)29/h2,4-5,8,10-11,15-16,19-22,28-29H,1,3,6-7,9,12-14H2,(H,30,31)/b10-8+/t15-,16+,19+,20+,21+,22-/m0/s1. The van der Waals surface area contributed by atoms with Gasteiger partial charge in [-0.15, -0.1) is 13.2 Å². The van der Waals surface area contributed by atoms with E-state index < -0.39 is 30.3 Å². The Bertz CT molecular complexity index is 829. The van der Waals surface area contributed by atoms with Crippen LogP contribution in [0.15, 0.2) is 36.4 Å². The molecule has 3 rings (SSSR count). The number of hydrogen-bond donors (Lipinski definition) is 3. The Kier molecular flexibility index (Phi) is 9.21. The number of carbonyl (C=O) groups is 1. The molecule has 1 aliphatic carbocycles. The lowest BCUT2D eigenvalue weighted by Gasteiger charge is -2.21. The number of benzene rings is 1. The predicted octanol–water partition coefficient (Wildman–Crippen LogP) is 3.93. The zero-order valence-electron chi connectivity index (χ0n) is 18.7. The first-order valence-corrected chi connectivity index (χ1v) is 11.5. The molecule has 190 valence electrons. The molecule has 0 bridgehead atoms. The molecule has 6 atom stereocenters. The van der Waals surface area contributed by atoms with E-state index in [0.29, 0.717) is 25.4 Å². The van der Waals surface area contributed by atoms with Gasteiger partial charge in [-0.3, -0.25) is 4.79 Å². The van der Waals surface area contributed by atoms with Gasteiger partial charge in [-0.2, -0.15) is 0 Å². The fourth-order valence-corrected chi connectivity index (χ4v) is 4.74. The molecule has 0 radical (unpaired) electrons. The van der Waals surface area contributed by atoms with Crippen LogP contribution in [0.5, 0.6) is 11.5 Å². The van der Waals surface area contributed by atoms with Crippen molar-refractivity contribution in [1.29, 1.82) is 0 Å². The molecule has 0 amide bonds. The zero-order chi connectivity index (χ0) is 24.7. The number of hydrogen-bond acceptors (Lipinski definition) is 6. The summed E-state index contributed by atoms with van der Waals surface area (Å²) in [5.41, 5.74) is 0. The second kappa shape index (κ2) is 11.9. The number of aliphatic hydroxyl groups excluding tert-OH is 2. The molecule has 1 aliphatic heterocycles. The third kappa shape index (κ3) is 8.18. The van der Waals surface area contributed by atoms with Crippen LogP contribution in [0.4, 0.5) is 13.2 Å². The number of fused-ring (bicyclic) bond motifs is 1. The monoisotopic (exact) mass is 488 g/mol. The molecule has 0 aromatic heterocycles. The van der Waals surface area contributed by atoms with Gasteiger partial charge in [0.2, 0.25) is 0 Å². The molecular formula is C24H31F3O7. The van der Waals surface area contributed by atoms with Crippen molar-refractivity contribution < 1.29 is 47.5 Å². The summed E-state index contributed by atoms with van der Waals surface area (Å²) >= 11 is 0. The van der Waals surface area contributed by atoms with Gasteiger partial charge in [0.05, 0.1) is 12.2 Å². The molecule has 1 aromatic rings. The number of carboxylic acid groups (broad SMARTS) is 1. The molecule has 1 saturated carbocycles. The van der Waals surface area contributed by atoms with Crippen LogP contribution < -0.4 is 9.47 Å². The molecule has 34 heavy (non-hydrogen) atoms. The molecule has 0 unspecified atom stereocenters. The van der Waals surface area contributed by atoms with Gasteiger partial charge in [0.1, 0.15) is 24.2 Å². The summed E-state index contributed by atoms with van der Waals surface area (Å²) in [4.78, 5) is 10.7. The first-order valence-electron chi connectivity index (χ1n) is 11.5. The van der Waals surface area contributed by atoms with Gasteiger partial charge in [-0.05, 0) is 49.7 Å². The summed E-state index contributed by atoms with van der Waals surface area (Å²) in [5, 5.41) is 29.6. The number of halogens is 3. The van der Waals surface area contributed by atoms with Crippen molar-refractivity contribution in [3.05, 3.63) is 36.4 Å². The van der Waals surface area contributed by atoms with Crippen LogP contribution in [-0.4, -0.2) is 59.2 Å². The molecular weight excluding hydrogens is 457 g/mol. The van der Waals surface area contributed by atoms with Crippen LogP contribution in [0.1, 0.15) is 38.5 Å². The van der Waals surface area contributed by atoms with Gasteiger partial charge in [-0.25, -0.2) is 0 Å². The van der Waals surface area contributed by atoms with E-state index in [9.17, 15) is 28.2 Å². The normalized spacial score (nSPS) is 28.3. The Morgan fingerprint density at radius 2 is 2.03 bits per heavy atom. The Hall–Kier alpha value is -2.30. The van der Waals surface area contributed by atoms with Gasteiger partial charge in [0, 0.05) is 31.4 Å². The molecule has 1 saturated heterocycles. The third-order valence-electron chi connectivity index (χ3n) is 6.36. The van der Waals surface area contributed by atoms with Crippen LogP contribution in [0.25, 0.3) is 0 Å². The maximum absolute atomic E-state index is 12.4. The number of aliphatic carboxylic acids is 1. The minimum atomic E-state index is -4.80. The van der Waals surface area contributed by atoms with Crippen LogP contribution in [0.3, 0.4) is 0 Å². The van der Waals surface area contributed by atoms with Gasteiger partial charge in [0.15, 0.2) is 0 Å². The largest absolute Gasteiger partial charge is 0.573 e. The molecule has 7 nitrogen and oxygen atoms in total. The molecule has 0 spiro atoms. The third-order valence-corrected chi connectivity index (χ3v) is 6.36. The summed E-state index contributed by atoms with van der Waals surface area (Å²) in [6.45, 7) is 0.378. The summed E-state index contributed by atoms with van der Waals surface area (Å²) in [6.07, 6.45) is 0.567.